The molecule has 1 aromatic rings. The zero-order valence-electron chi connectivity index (χ0n) is 12.1. The van der Waals surface area contributed by atoms with E-state index in [0.29, 0.717) is 6.54 Å². The van der Waals surface area contributed by atoms with Crippen LogP contribution in [0.2, 0.25) is 0 Å². The fourth-order valence-corrected chi connectivity index (χ4v) is 3.01. The van der Waals surface area contributed by atoms with Crippen LogP contribution in [-0.2, 0) is 5.60 Å². The van der Waals surface area contributed by atoms with Gasteiger partial charge < -0.3 is 10.4 Å². The Labute approximate surface area is 117 Å². The van der Waals surface area contributed by atoms with Crippen LogP contribution in [0.1, 0.15) is 51.0 Å². The van der Waals surface area contributed by atoms with Crippen LogP contribution in [0.3, 0.4) is 0 Å². The molecule has 0 bridgehead atoms. The topological polar surface area (TPSA) is 32.3 Å². The van der Waals surface area contributed by atoms with Crippen molar-refractivity contribution in [2.45, 2.75) is 51.0 Å². The summed E-state index contributed by atoms with van der Waals surface area (Å²) in [6.07, 6.45) is 8.30. The molecule has 0 saturated heterocycles. The van der Waals surface area contributed by atoms with Crippen LogP contribution in [0.25, 0.3) is 0 Å². The summed E-state index contributed by atoms with van der Waals surface area (Å²) < 4.78 is 0. The fourth-order valence-electron chi connectivity index (χ4n) is 3.01. The van der Waals surface area contributed by atoms with Gasteiger partial charge in [-0.05, 0) is 31.4 Å². The molecule has 1 unspecified atom stereocenters. The van der Waals surface area contributed by atoms with Gasteiger partial charge in [-0.1, -0.05) is 62.4 Å². The van der Waals surface area contributed by atoms with Crippen LogP contribution in [0, 0.1) is 5.92 Å². The average Bonchev–Trinajstić information content (AvgIpc) is 2.46. The molecule has 0 amide bonds. The van der Waals surface area contributed by atoms with Gasteiger partial charge in [0.1, 0.15) is 0 Å². The predicted octanol–water partition coefficient (Wildman–Crippen LogP) is 3.45. The quantitative estimate of drug-likeness (QED) is 0.769. The van der Waals surface area contributed by atoms with E-state index in [0.717, 1.165) is 18.0 Å². The first-order valence-electron chi connectivity index (χ1n) is 7.67. The highest BCUT2D eigenvalue weighted by molar-refractivity contribution is 5.21. The number of hydrogen-bond donors (Lipinski definition) is 2. The molecule has 0 aromatic heterocycles. The second-order valence-electron chi connectivity index (χ2n) is 6.11. The molecule has 0 spiro atoms. The Balaban J connectivity index is 1.69. The van der Waals surface area contributed by atoms with Gasteiger partial charge in [-0.2, -0.15) is 0 Å². The Morgan fingerprint density at radius 3 is 2.53 bits per heavy atom. The van der Waals surface area contributed by atoms with Crippen molar-refractivity contribution in [1.82, 2.24) is 5.32 Å². The molecule has 0 aliphatic heterocycles. The van der Waals surface area contributed by atoms with E-state index in [2.05, 4.69) is 5.32 Å². The summed E-state index contributed by atoms with van der Waals surface area (Å²) in [5, 5.41) is 13.9. The number of rotatable bonds is 6. The largest absolute Gasteiger partial charge is 0.384 e. The summed E-state index contributed by atoms with van der Waals surface area (Å²) >= 11 is 0. The lowest BCUT2D eigenvalue weighted by atomic mass is 9.87. The van der Waals surface area contributed by atoms with Crippen LogP contribution in [-0.4, -0.2) is 18.2 Å². The predicted molar refractivity (Wildman–Crippen MR) is 80.1 cm³/mol. The van der Waals surface area contributed by atoms with E-state index < -0.39 is 5.60 Å². The summed E-state index contributed by atoms with van der Waals surface area (Å²) in [6, 6.07) is 9.92. The number of benzene rings is 1. The van der Waals surface area contributed by atoms with Crippen molar-refractivity contribution in [2.24, 2.45) is 5.92 Å². The van der Waals surface area contributed by atoms with E-state index in [1.165, 1.54) is 38.5 Å². The summed E-state index contributed by atoms with van der Waals surface area (Å²) in [6.45, 7) is 3.54. The van der Waals surface area contributed by atoms with Crippen molar-refractivity contribution in [3.8, 4) is 0 Å². The Bertz CT molecular complexity index is 355. The normalized spacial score (nSPS) is 20.1. The van der Waals surface area contributed by atoms with Gasteiger partial charge in [0, 0.05) is 6.54 Å². The minimum absolute atomic E-state index is 0.629. The van der Waals surface area contributed by atoms with Gasteiger partial charge in [-0.25, -0.2) is 0 Å². The maximum absolute atomic E-state index is 10.5. The SMILES string of the molecule is CC(O)(CNCCC1CCCCC1)c1ccccc1. The smallest absolute Gasteiger partial charge is 0.0992 e. The Morgan fingerprint density at radius 1 is 1.16 bits per heavy atom. The Hall–Kier alpha value is -0.860. The molecular formula is C17H27NO. The maximum Gasteiger partial charge on any atom is 0.0992 e. The molecule has 1 atom stereocenters. The van der Waals surface area contributed by atoms with Crippen LogP contribution >= 0.6 is 0 Å². The molecule has 1 saturated carbocycles. The van der Waals surface area contributed by atoms with Crippen LogP contribution < -0.4 is 5.32 Å². The molecule has 0 radical (unpaired) electrons. The molecule has 1 aliphatic carbocycles. The second-order valence-corrected chi connectivity index (χ2v) is 6.11. The van der Waals surface area contributed by atoms with E-state index in [-0.39, 0.29) is 0 Å². The van der Waals surface area contributed by atoms with E-state index in [1.54, 1.807) is 0 Å². The minimum atomic E-state index is -0.770. The second kappa shape index (κ2) is 7.06. The minimum Gasteiger partial charge on any atom is -0.384 e. The number of hydrogen-bond acceptors (Lipinski definition) is 2. The van der Waals surface area contributed by atoms with Crippen LogP contribution in [0.15, 0.2) is 30.3 Å². The van der Waals surface area contributed by atoms with Gasteiger partial charge in [-0.3, -0.25) is 0 Å². The monoisotopic (exact) mass is 261 g/mol. The van der Waals surface area contributed by atoms with Gasteiger partial charge in [0.05, 0.1) is 5.60 Å². The van der Waals surface area contributed by atoms with Crippen molar-refractivity contribution in [3.05, 3.63) is 35.9 Å². The molecule has 2 N–H and O–H groups in total. The molecule has 1 aliphatic rings. The first-order chi connectivity index (χ1) is 9.18. The fraction of sp³-hybridized carbons (Fsp3) is 0.647. The number of nitrogens with one attached hydrogen (secondary N) is 1. The van der Waals surface area contributed by atoms with Gasteiger partial charge in [-0.15, -0.1) is 0 Å². The highest BCUT2D eigenvalue weighted by atomic mass is 16.3. The summed E-state index contributed by atoms with van der Waals surface area (Å²) in [4.78, 5) is 0. The van der Waals surface area contributed by atoms with Crippen LogP contribution in [0.4, 0.5) is 0 Å². The first kappa shape index (κ1) is 14.5. The first-order valence-corrected chi connectivity index (χ1v) is 7.67. The van der Waals surface area contributed by atoms with E-state index >= 15 is 0 Å². The summed E-state index contributed by atoms with van der Waals surface area (Å²) in [7, 11) is 0. The molecule has 0 heterocycles. The van der Waals surface area contributed by atoms with Gasteiger partial charge in [0.25, 0.3) is 0 Å². The van der Waals surface area contributed by atoms with Gasteiger partial charge in [0.2, 0.25) is 0 Å². The van der Waals surface area contributed by atoms with Crippen molar-refractivity contribution in [3.63, 3.8) is 0 Å². The third-order valence-corrected chi connectivity index (χ3v) is 4.32. The highest BCUT2D eigenvalue weighted by Gasteiger charge is 2.22. The zero-order chi connectivity index (χ0) is 13.6. The lowest BCUT2D eigenvalue weighted by molar-refractivity contribution is 0.0566. The molecule has 2 nitrogen and oxygen atoms in total. The molecular weight excluding hydrogens is 234 g/mol. The molecule has 1 fully saturated rings. The zero-order valence-corrected chi connectivity index (χ0v) is 12.1. The maximum atomic E-state index is 10.5. The third-order valence-electron chi connectivity index (χ3n) is 4.32. The lowest BCUT2D eigenvalue weighted by Gasteiger charge is -2.26. The van der Waals surface area contributed by atoms with E-state index in [4.69, 9.17) is 0 Å². The van der Waals surface area contributed by atoms with Crippen molar-refractivity contribution in [2.75, 3.05) is 13.1 Å². The molecule has 2 heteroatoms. The standard InChI is InChI=1S/C17H27NO/c1-17(19,16-10-6-3-7-11-16)14-18-13-12-15-8-4-2-5-9-15/h3,6-7,10-11,15,18-19H,2,4-5,8-9,12-14H2,1H3. The van der Waals surface area contributed by atoms with Gasteiger partial charge >= 0.3 is 0 Å². The molecule has 19 heavy (non-hydrogen) atoms. The Morgan fingerprint density at radius 2 is 1.84 bits per heavy atom. The van der Waals surface area contributed by atoms with E-state index in [9.17, 15) is 5.11 Å². The van der Waals surface area contributed by atoms with Crippen LogP contribution in [0.5, 0.6) is 0 Å². The van der Waals surface area contributed by atoms with E-state index in [1.807, 2.05) is 37.3 Å². The Kier molecular flexibility index (Phi) is 5.41. The molecule has 1 aromatic carbocycles. The van der Waals surface area contributed by atoms with Gasteiger partial charge in [0.15, 0.2) is 0 Å². The molecule has 106 valence electrons. The number of aliphatic hydroxyl groups is 1. The summed E-state index contributed by atoms with van der Waals surface area (Å²) in [5.41, 5.74) is 0.216. The van der Waals surface area contributed by atoms with Crippen molar-refractivity contribution in [1.29, 1.82) is 0 Å². The van der Waals surface area contributed by atoms with Crippen molar-refractivity contribution < 1.29 is 5.11 Å². The van der Waals surface area contributed by atoms with Crippen molar-refractivity contribution >= 4 is 0 Å². The third kappa shape index (κ3) is 4.63. The lowest BCUT2D eigenvalue weighted by Crippen LogP contribution is -2.36. The average molecular weight is 261 g/mol. The molecule has 2 rings (SSSR count). The summed E-state index contributed by atoms with van der Waals surface area (Å²) in [5.74, 6) is 0.905. The highest BCUT2D eigenvalue weighted by Crippen LogP contribution is 2.26.